The van der Waals surface area contributed by atoms with Gasteiger partial charge in [0.05, 0.1) is 16.0 Å². The first-order valence-corrected chi connectivity index (χ1v) is 6.89. The molecule has 116 valence electrons. The highest BCUT2D eigenvalue weighted by Crippen LogP contribution is 2.32. The van der Waals surface area contributed by atoms with Gasteiger partial charge in [0.1, 0.15) is 11.6 Å². The van der Waals surface area contributed by atoms with E-state index in [4.69, 9.17) is 0 Å². The molecule has 7 nitrogen and oxygen atoms in total. The van der Waals surface area contributed by atoms with Crippen molar-refractivity contribution >= 4 is 22.4 Å². The maximum absolute atomic E-state index is 11.0. The maximum Gasteiger partial charge on any atom is 0.271 e. The molecule has 0 unspecified atom stereocenters. The van der Waals surface area contributed by atoms with Gasteiger partial charge in [-0.1, -0.05) is 12.1 Å². The van der Waals surface area contributed by atoms with Crippen LogP contribution in [0.5, 0.6) is 5.75 Å². The smallest absolute Gasteiger partial charge is 0.271 e. The van der Waals surface area contributed by atoms with E-state index in [0.717, 1.165) is 0 Å². The molecule has 0 aliphatic rings. The molecular weight excluding hydrogens is 296 g/mol. The molecule has 0 bridgehead atoms. The fraction of sp³-hybridized carbons (Fsp3) is 0.125. The van der Waals surface area contributed by atoms with E-state index < -0.39 is 4.92 Å². The van der Waals surface area contributed by atoms with Crippen molar-refractivity contribution in [3.63, 3.8) is 0 Å². The molecule has 0 fully saturated rings. The summed E-state index contributed by atoms with van der Waals surface area (Å²) < 4.78 is 0. The Hall–Kier alpha value is -3.22. The second-order valence-electron chi connectivity index (χ2n) is 5.24. The van der Waals surface area contributed by atoms with E-state index in [1.165, 1.54) is 12.1 Å². The lowest BCUT2D eigenvalue weighted by Crippen LogP contribution is -2.12. The van der Waals surface area contributed by atoms with Gasteiger partial charge in [-0.2, -0.15) is 0 Å². The molecule has 1 N–H and O–H groups in total. The van der Waals surface area contributed by atoms with Gasteiger partial charge in [-0.05, 0) is 18.2 Å². The number of nitrogens with zero attached hydrogens (tertiary/aromatic N) is 4. The number of hydrogen-bond donors (Lipinski definition) is 1. The molecule has 0 aliphatic heterocycles. The standard InChI is InChI=1S/C16H14N4O3/c1-19(2)16-11-8-7-10(20(22)23)9-13(11)17-15(18-16)12-5-3-4-6-14(12)21/h3-9,21H,1-2H3. The summed E-state index contributed by atoms with van der Waals surface area (Å²) in [6.07, 6.45) is 0. The molecule has 7 heteroatoms. The number of nitro benzene ring substituents is 1. The zero-order valence-corrected chi connectivity index (χ0v) is 12.6. The summed E-state index contributed by atoms with van der Waals surface area (Å²) in [6, 6.07) is 11.2. The first kappa shape index (κ1) is 14.7. The van der Waals surface area contributed by atoms with E-state index in [1.54, 1.807) is 35.2 Å². The van der Waals surface area contributed by atoms with Gasteiger partial charge >= 0.3 is 0 Å². The number of para-hydroxylation sites is 1. The normalized spacial score (nSPS) is 10.7. The van der Waals surface area contributed by atoms with Gasteiger partial charge in [-0.25, -0.2) is 9.97 Å². The quantitative estimate of drug-likeness (QED) is 0.590. The number of non-ortho nitro benzene ring substituents is 1. The van der Waals surface area contributed by atoms with E-state index in [1.807, 2.05) is 14.1 Å². The lowest BCUT2D eigenvalue weighted by molar-refractivity contribution is -0.384. The zero-order chi connectivity index (χ0) is 16.6. The largest absolute Gasteiger partial charge is 0.507 e. The van der Waals surface area contributed by atoms with E-state index in [0.29, 0.717) is 28.1 Å². The van der Waals surface area contributed by atoms with E-state index in [9.17, 15) is 15.2 Å². The number of anilines is 1. The van der Waals surface area contributed by atoms with Crippen LogP contribution in [0.3, 0.4) is 0 Å². The first-order valence-electron chi connectivity index (χ1n) is 6.89. The Labute approximate surface area is 132 Å². The molecule has 0 spiro atoms. The summed E-state index contributed by atoms with van der Waals surface area (Å²) in [5.74, 6) is 1.00. The fourth-order valence-electron chi connectivity index (χ4n) is 2.34. The monoisotopic (exact) mass is 310 g/mol. The van der Waals surface area contributed by atoms with Crippen LogP contribution in [0, 0.1) is 10.1 Å². The second-order valence-corrected chi connectivity index (χ2v) is 5.24. The van der Waals surface area contributed by atoms with Crippen LogP contribution in [0.4, 0.5) is 11.5 Å². The van der Waals surface area contributed by atoms with Gasteiger partial charge in [0.25, 0.3) is 5.69 Å². The minimum atomic E-state index is -0.462. The Morgan fingerprint density at radius 2 is 1.87 bits per heavy atom. The summed E-state index contributed by atoms with van der Waals surface area (Å²) in [7, 11) is 3.66. The third kappa shape index (κ3) is 2.64. The van der Waals surface area contributed by atoms with Gasteiger partial charge in [0.15, 0.2) is 5.82 Å². The number of nitro groups is 1. The van der Waals surface area contributed by atoms with Crippen LogP contribution in [0.2, 0.25) is 0 Å². The van der Waals surface area contributed by atoms with Crippen LogP contribution < -0.4 is 4.90 Å². The van der Waals surface area contributed by atoms with E-state index in [2.05, 4.69) is 9.97 Å². The molecule has 0 amide bonds. The Bertz CT molecular complexity index is 909. The molecule has 0 atom stereocenters. The van der Waals surface area contributed by atoms with Crippen molar-refractivity contribution < 1.29 is 10.0 Å². The third-order valence-electron chi connectivity index (χ3n) is 3.44. The number of phenolic OH excluding ortho intramolecular Hbond substituents is 1. The molecule has 3 rings (SSSR count). The minimum absolute atomic E-state index is 0.0378. The Morgan fingerprint density at radius 3 is 2.52 bits per heavy atom. The Balaban J connectivity index is 2.31. The van der Waals surface area contributed by atoms with Crippen molar-refractivity contribution in [2.24, 2.45) is 0 Å². The highest BCUT2D eigenvalue weighted by atomic mass is 16.6. The number of benzene rings is 2. The van der Waals surface area contributed by atoms with Crippen molar-refractivity contribution in [2.45, 2.75) is 0 Å². The summed E-state index contributed by atoms with van der Waals surface area (Å²) in [5, 5.41) is 21.7. The third-order valence-corrected chi connectivity index (χ3v) is 3.44. The zero-order valence-electron chi connectivity index (χ0n) is 12.6. The summed E-state index contributed by atoms with van der Waals surface area (Å²) in [4.78, 5) is 21.2. The van der Waals surface area contributed by atoms with Crippen LogP contribution in [-0.2, 0) is 0 Å². The average Bonchev–Trinajstić information content (AvgIpc) is 2.53. The van der Waals surface area contributed by atoms with Gasteiger partial charge in [-0.3, -0.25) is 10.1 Å². The van der Waals surface area contributed by atoms with E-state index >= 15 is 0 Å². The highest BCUT2D eigenvalue weighted by molar-refractivity contribution is 5.92. The average molecular weight is 310 g/mol. The number of aromatic hydroxyl groups is 1. The van der Waals surface area contributed by atoms with Gasteiger partial charge in [-0.15, -0.1) is 0 Å². The summed E-state index contributed by atoms with van der Waals surface area (Å²) in [6.45, 7) is 0. The SMILES string of the molecule is CN(C)c1nc(-c2ccccc2O)nc2cc([N+](=O)[O-])ccc12. The molecule has 2 aromatic carbocycles. The van der Waals surface area contributed by atoms with Gasteiger partial charge in [0.2, 0.25) is 0 Å². The Kier molecular flexibility index (Phi) is 3.53. The summed E-state index contributed by atoms with van der Waals surface area (Å²) in [5.41, 5.74) is 0.893. The van der Waals surface area contributed by atoms with Gasteiger partial charge < -0.3 is 10.0 Å². The van der Waals surface area contributed by atoms with Gasteiger partial charge in [0, 0.05) is 31.6 Å². The first-order chi connectivity index (χ1) is 11.0. The summed E-state index contributed by atoms with van der Waals surface area (Å²) >= 11 is 0. The van der Waals surface area contributed by atoms with Crippen LogP contribution in [0.25, 0.3) is 22.3 Å². The molecule has 3 aromatic rings. The lowest BCUT2D eigenvalue weighted by atomic mass is 10.1. The van der Waals surface area contributed by atoms with Crippen LogP contribution >= 0.6 is 0 Å². The topological polar surface area (TPSA) is 92.4 Å². The molecule has 1 heterocycles. The maximum atomic E-state index is 11.0. The van der Waals surface area contributed by atoms with Crippen LogP contribution in [0.15, 0.2) is 42.5 Å². The fourth-order valence-corrected chi connectivity index (χ4v) is 2.34. The van der Waals surface area contributed by atoms with Crippen LogP contribution in [-0.4, -0.2) is 34.1 Å². The number of aromatic nitrogens is 2. The second kappa shape index (κ2) is 5.53. The number of fused-ring (bicyclic) bond motifs is 1. The molecule has 23 heavy (non-hydrogen) atoms. The molecular formula is C16H14N4O3. The van der Waals surface area contributed by atoms with Crippen molar-refractivity contribution in [1.82, 2.24) is 9.97 Å². The van der Waals surface area contributed by atoms with Crippen molar-refractivity contribution in [3.8, 4) is 17.1 Å². The Morgan fingerprint density at radius 1 is 1.13 bits per heavy atom. The van der Waals surface area contributed by atoms with Crippen molar-refractivity contribution in [3.05, 3.63) is 52.6 Å². The highest BCUT2D eigenvalue weighted by Gasteiger charge is 2.16. The molecule has 0 saturated carbocycles. The molecule has 0 aliphatic carbocycles. The van der Waals surface area contributed by atoms with Crippen LogP contribution in [0.1, 0.15) is 0 Å². The molecule has 0 saturated heterocycles. The van der Waals surface area contributed by atoms with Crippen molar-refractivity contribution in [2.75, 3.05) is 19.0 Å². The predicted molar refractivity (Wildman–Crippen MR) is 87.6 cm³/mol. The number of hydrogen-bond acceptors (Lipinski definition) is 6. The molecule has 1 aromatic heterocycles. The number of phenols is 1. The van der Waals surface area contributed by atoms with E-state index in [-0.39, 0.29) is 11.4 Å². The van der Waals surface area contributed by atoms with Crippen molar-refractivity contribution in [1.29, 1.82) is 0 Å². The molecule has 0 radical (unpaired) electrons. The number of rotatable bonds is 3. The lowest BCUT2D eigenvalue weighted by Gasteiger charge is -2.15. The predicted octanol–water partition coefficient (Wildman–Crippen LogP) is 2.98. The minimum Gasteiger partial charge on any atom is -0.507 e.